The van der Waals surface area contributed by atoms with Crippen molar-refractivity contribution in [1.82, 2.24) is 19.2 Å². The minimum absolute atomic E-state index is 0.0466. The van der Waals surface area contributed by atoms with Crippen molar-refractivity contribution >= 4 is 34.2 Å². The van der Waals surface area contributed by atoms with E-state index in [0.29, 0.717) is 22.9 Å². The van der Waals surface area contributed by atoms with Gasteiger partial charge in [0.15, 0.2) is 10.9 Å². The lowest BCUT2D eigenvalue weighted by molar-refractivity contribution is 0.102. The number of carbonyl (C=O) groups excluding carboxylic acids is 1. The molecule has 2 aromatic carbocycles. The molecule has 0 atom stereocenters. The van der Waals surface area contributed by atoms with Gasteiger partial charge in [0.05, 0.1) is 16.7 Å². The molecule has 0 unspecified atom stereocenters. The number of aromatic nitrogens is 4. The Morgan fingerprint density at radius 1 is 1.10 bits per heavy atom. The molecule has 0 radical (unpaired) electrons. The van der Waals surface area contributed by atoms with Gasteiger partial charge in [0.2, 0.25) is 5.78 Å². The number of nitrogens with zero attached hydrogens (tertiary/aromatic N) is 4. The van der Waals surface area contributed by atoms with E-state index in [0.717, 1.165) is 36.8 Å². The van der Waals surface area contributed by atoms with E-state index in [1.807, 2.05) is 40.8 Å². The van der Waals surface area contributed by atoms with Crippen LogP contribution in [-0.4, -0.2) is 30.7 Å². The largest absolute Gasteiger partial charge is 0.293 e. The highest BCUT2D eigenvalue weighted by molar-refractivity contribution is 7.99. The number of Topliss-reactive ketones (excluding diaryl/α,β-unsaturated/α-hetero) is 1. The molecule has 0 spiro atoms. The standard InChI is InChI=1S/C24H24N4O2S/c1-2-3-13-27-22(30)19-9-4-5-10-20(19)28-23(27)25-26-24(28)31-15-21(29)18-12-11-16-7-6-8-17(16)14-18/h4-5,9-12,14H,2-3,6-8,13,15H2,1H3. The maximum atomic E-state index is 13.0. The number of para-hydroxylation sites is 1. The summed E-state index contributed by atoms with van der Waals surface area (Å²) < 4.78 is 3.61. The highest BCUT2D eigenvalue weighted by Gasteiger charge is 2.19. The Labute approximate surface area is 184 Å². The Bertz CT molecular complexity index is 1360. The third-order valence-electron chi connectivity index (χ3n) is 5.97. The fraction of sp³-hybridized carbons (Fsp3) is 0.333. The number of benzene rings is 2. The number of unbranched alkanes of at least 4 members (excludes halogenated alkanes) is 1. The van der Waals surface area contributed by atoms with Crippen molar-refractivity contribution in [3.05, 3.63) is 69.5 Å². The number of rotatable bonds is 7. The van der Waals surface area contributed by atoms with Crippen LogP contribution in [0, 0.1) is 0 Å². The van der Waals surface area contributed by atoms with Gasteiger partial charge in [-0.15, -0.1) is 10.2 Å². The molecule has 0 saturated carbocycles. The predicted octanol–water partition coefficient (Wildman–Crippen LogP) is 4.31. The second-order valence-electron chi connectivity index (χ2n) is 7.99. The number of hydrogen-bond acceptors (Lipinski definition) is 5. The maximum absolute atomic E-state index is 13.0. The highest BCUT2D eigenvalue weighted by atomic mass is 32.2. The lowest BCUT2D eigenvalue weighted by atomic mass is 10.0. The third kappa shape index (κ3) is 3.57. The number of fused-ring (bicyclic) bond motifs is 4. The smallest absolute Gasteiger partial charge is 0.262 e. The van der Waals surface area contributed by atoms with Crippen LogP contribution in [0.2, 0.25) is 0 Å². The Morgan fingerprint density at radius 3 is 2.81 bits per heavy atom. The van der Waals surface area contributed by atoms with Crippen LogP contribution in [-0.2, 0) is 19.4 Å². The normalized spacial score (nSPS) is 13.2. The summed E-state index contributed by atoms with van der Waals surface area (Å²) in [5.41, 5.74) is 4.15. The van der Waals surface area contributed by atoms with Gasteiger partial charge in [-0.05, 0) is 55.0 Å². The van der Waals surface area contributed by atoms with E-state index >= 15 is 0 Å². The molecule has 0 aliphatic heterocycles. The van der Waals surface area contributed by atoms with Crippen molar-refractivity contribution in [2.24, 2.45) is 0 Å². The molecule has 0 bridgehead atoms. The van der Waals surface area contributed by atoms with Gasteiger partial charge < -0.3 is 0 Å². The van der Waals surface area contributed by atoms with Crippen LogP contribution in [0.5, 0.6) is 0 Å². The zero-order chi connectivity index (χ0) is 21.4. The molecule has 1 aliphatic rings. The summed E-state index contributed by atoms with van der Waals surface area (Å²) in [5, 5.41) is 9.93. The SMILES string of the molecule is CCCCn1c(=O)c2ccccc2n2c(SCC(=O)c3ccc4c(c3)CCC4)nnc12. The van der Waals surface area contributed by atoms with Gasteiger partial charge in [0.1, 0.15) is 0 Å². The second kappa shape index (κ2) is 8.30. The lowest BCUT2D eigenvalue weighted by Crippen LogP contribution is -2.23. The van der Waals surface area contributed by atoms with Gasteiger partial charge in [-0.3, -0.25) is 18.6 Å². The highest BCUT2D eigenvalue weighted by Crippen LogP contribution is 2.25. The summed E-state index contributed by atoms with van der Waals surface area (Å²) in [6.45, 7) is 2.69. The predicted molar refractivity (Wildman–Crippen MR) is 123 cm³/mol. The van der Waals surface area contributed by atoms with E-state index in [1.54, 1.807) is 4.57 Å². The summed E-state index contributed by atoms with van der Waals surface area (Å²) in [7, 11) is 0. The summed E-state index contributed by atoms with van der Waals surface area (Å²) >= 11 is 1.37. The molecule has 0 fully saturated rings. The number of carbonyl (C=O) groups is 1. The topological polar surface area (TPSA) is 69.3 Å². The van der Waals surface area contributed by atoms with Crippen LogP contribution < -0.4 is 5.56 Å². The molecule has 0 saturated heterocycles. The molecule has 7 heteroatoms. The van der Waals surface area contributed by atoms with Crippen molar-refractivity contribution in [3.63, 3.8) is 0 Å². The van der Waals surface area contributed by atoms with E-state index < -0.39 is 0 Å². The van der Waals surface area contributed by atoms with Crippen molar-refractivity contribution in [1.29, 1.82) is 0 Å². The van der Waals surface area contributed by atoms with Crippen molar-refractivity contribution in [3.8, 4) is 0 Å². The van der Waals surface area contributed by atoms with Crippen LogP contribution in [0.1, 0.15) is 47.7 Å². The lowest BCUT2D eigenvalue weighted by Gasteiger charge is -2.10. The van der Waals surface area contributed by atoms with Gasteiger partial charge in [-0.1, -0.05) is 49.4 Å². The van der Waals surface area contributed by atoms with E-state index in [2.05, 4.69) is 23.2 Å². The minimum Gasteiger partial charge on any atom is -0.293 e. The first-order valence-corrected chi connectivity index (χ1v) is 11.8. The van der Waals surface area contributed by atoms with Crippen molar-refractivity contribution in [2.75, 3.05) is 5.75 Å². The summed E-state index contributed by atoms with van der Waals surface area (Å²) in [5.74, 6) is 0.895. The summed E-state index contributed by atoms with van der Waals surface area (Å²) in [6.07, 6.45) is 5.20. The average molecular weight is 433 g/mol. The quantitative estimate of drug-likeness (QED) is 0.322. The monoisotopic (exact) mass is 432 g/mol. The molecule has 1 aliphatic carbocycles. The zero-order valence-corrected chi connectivity index (χ0v) is 18.3. The van der Waals surface area contributed by atoms with E-state index in [9.17, 15) is 9.59 Å². The Balaban J connectivity index is 1.50. The first-order chi connectivity index (χ1) is 15.2. The molecular formula is C24H24N4O2S. The molecule has 0 N–H and O–H groups in total. The van der Waals surface area contributed by atoms with Gasteiger partial charge in [0.25, 0.3) is 5.56 Å². The van der Waals surface area contributed by atoms with Gasteiger partial charge in [-0.25, -0.2) is 0 Å². The molecule has 5 rings (SSSR count). The number of hydrogen-bond donors (Lipinski definition) is 0. The number of ketones is 1. The fourth-order valence-corrected chi connectivity index (χ4v) is 5.14. The fourth-order valence-electron chi connectivity index (χ4n) is 4.30. The van der Waals surface area contributed by atoms with Crippen LogP contribution in [0.15, 0.2) is 52.4 Å². The summed E-state index contributed by atoms with van der Waals surface area (Å²) in [4.78, 5) is 25.9. The first kappa shape index (κ1) is 20.0. The molecule has 4 aromatic rings. The van der Waals surface area contributed by atoms with Crippen molar-refractivity contribution in [2.45, 2.75) is 50.7 Å². The molecule has 2 aromatic heterocycles. The van der Waals surface area contributed by atoms with Crippen LogP contribution in [0.3, 0.4) is 0 Å². The van der Waals surface area contributed by atoms with Gasteiger partial charge in [-0.2, -0.15) is 0 Å². The maximum Gasteiger partial charge on any atom is 0.262 e. The Hall–Kier alpha value is -2.93. The van der Waals surface area contributed by atoms with Gasteiger partial charge in [0, 0.05) is 12.1 Å². The van der Waals surface area contributed by atoms with E-state index in [4.69, 9.17) is 0 Å². The second-order valence-corrected chi connectivity index (χ2v) is 8.94. The molecule has 2 heterocycles. The molecule has 158 valence electrons. The zero-order valence-electron chi connectivity index (χ0n) is 17.5. The Morgan fingerprint density at radius 2 is 1.94 bits per heavy atom. The average Bonchev–Trinajstić information content (AvgIpc) is 3.44. The molecule has 31 heavy (non-hydrogen) atoms. The Kier molecular flexibility index (Phi) is 5.36. The minimum atomic E-state index is -0.0466. The summed E-state index contributed by atoms with van der Waals surface area (Å²) in [6, 6.07) is 13.6. The van der Waals surface area contributed by atoms with Gasteiger partial charge >= 0.3 is 0 Å². The number of aryl methyl sites for hydroxylation is 3. The van der Waals surface area contributed by atoms with Crippen LogP contribution in [0.25, 0.3) is 16.7 Å². The molecule has 0 amide bonds. The van der Waals surface area contributed by atoms with Crippen LogP contribution >= 0.6 is 11.8 Å². The molecule has 6 nitrogen and oxygen atoms in total. The third-order valence-corrected chi connectivity index (χ3v) is 6.90. The van der Waals surface area contributed by atoms with Crippen molar-refractivity contribution < 1.29 is 4.79 Å². The molecular weight excluding hydrogens is 408 g/mol. The number of thioether (sulfide) groups is 1. The van der Waals surface area contributed by atoms with E-state index in [-0.39, 0.29) is 17.1 Å². The van der Waals surface area contributed by atoms with E-state index in [1.165, 1.54) is 29.3 Å². The first-order valence-electron chi connectivity index (χ1n) is 10.8. The van der Waals surface area contributed by atoms with Crippen LogP contribution in [0.4, 0.5) is 0 Å².